The number of carbonyl (C=O) groups excluding carboxylic acids is 2. The number of rotatable bonds is 13. The molecule has 2 heterocycles. The summed E-state index contributed by atoms with van der Waals surface area (Å²) < 4.78 is 50.5. The van der Waals surface area contributed by atoms with Gasteiger partial charge in [0, 0.05) is 23.8 Å². The van der Waals surface area contributed by atoms with Crippen molar-refractivity contribution < 1.29 is 36.6 Å². The van der Waals surface area contributed by atoms with Crippen LogP contribution in [0.1, 0.15) is 29.6 Å². The highest BCUT2D eigenvalue weighted by molar-refractivity contribution is 7.89. The first kappa shape index (κ1) is 34.5. The topological polar surface area (TPSA) is 116 Å². The van der Waals surface area contributed by atoms with Crippen LogP contribution >= 0.6 is 11.6 Å². The predicted molar refractivity (Wildman–Crippen MR) is 181 cm³/mol. The van der Waals surface area contributed by atoms with Crippen molar-refractivity contribution in [2.24, 2.45) is 0 Å². The molecule has 0 aliphatic carbocycles. The third-order valence-electron chi connectivity index (χ3n) is 7.93. The molecule has 48 heavy (non-hydrogen) atoms. The maximum atomic E-state index is 13.7. The van der Waals surface area contributed by atoms with Crippen LogP contribution in [-0.4, -0.2) is 57.4 Å². The number of allylic oxidation sites excluding steroid dienone is 1. The Labute approximate surface area is 284 Å². The lowest BCUT2D eigenvalue weighted by atomic mass is 10.1. The number of benzene rings is 3. The maximum Gasteiger partial charge on any atom is 0.340 e. The standard InChI is InChI=1S/C36H35ClN2O8S/c1-24-34(36(41)46-4)31(35(40)39(24)19-18-25-12-17-32(44-2)33(20-25)45-3)21-28-15-16-29(47-28)23-38(22-26-10-13-27(37)14-11-26)48(42,43)30-8-6-5-7-9-30/h5-17,20-21H,18-19,22-23H2,1-4H3/b31-21+. The molecule has 5 rings (SSSR count). The third-order valence-corrected chi connectivity index (χ3v) is 9.99. The Morgan fingerprint density at radius 2 is 1.58 bits per heavy atom. The van der Waals surface area contributed by atoms with Gasteiger partial charge in [0.05, 0.1) is 43.9 Å². The number of hydrogen-bond donors (Lipinski definition) is 0. The second kappa shape index (κ2) is 14.9. The molecule has 0 atom stereocenters. The molecule has 250 valence electrons. The number of amides is 1. The number of esters is 1. The molecule has 12 heteroatoms. The lowest BCUT2D eigenvalue weighted by Gasteiger charge is -2.21. The zero-order valence-corrected chi connectivity index (χ0v) is 28.5. The van der Waals surface area contributed by atoms with Crippen molar-refractivity contribution in [3.8, 4) is 11.5 Å². The van der Waals surface area contributed by atoms with E-state index in [2.05, 4.69) is 0 Å². The number of hydrogen-bond acceptors (Lipinski definition) is 8. The minimum atomic E-state index is -3.92. The molecule has 1 aromatic heterocycles. The maximum absolute atomic E-state index is 13.7. The van der Waals surface area contributed by atoms with E-state index in [1.807, 2.05) is 12.1 Å². The van der Waals surface area contributed by atoms with Crippen molar-refractivity contribution >= 4 is 39.6 Å². The number of carbonyl (C=O) groups is 2. The van der Waals surface area contributed by atoms with E-state index in [0.717, 1.165) is 11.1 Å². The molecule has 1 amide bonds. The average molecular weight is 691 g/mol. The highest BCUT2D eigenvalue weighted by Crippen LogP contribution is 2.33. The van der Waals surface area contributed by atoms with E-state index >= 15 is 0 Å². The number of furan rings is 1. The summed E-state index contributed by atoms with van der Waals surface area (Å²) in [4.78, 5) is 28.3. The van der Waals surface area contributed by atoms with Gasteiger partial charge in [0.15, 0.2) is 11.5 Å². The van der Waals surface area contributed by atoms with E-state index in [4.69, 9.17) is 30.2 Å². The molecule has 0 bridgehead atoms. The minimum absolute atomic E-state index is 0.0630. The molecule has 0 saturated carbocycles. The molecule has 0 spiro atoms. The van der Waals surface area contributed by atoms with Crippen LogP contribution in [0, 0.1) is 0 Å². The molecule has 0 N–H and O–H groups in total. The number of ether oxygens (including phenoxy) is 3. The Balaban J connectivity index is 1.40. The number of sulfonamides is 1. The molecule has 4 aromatic rings. The summed E-state index contributed by atoms with van der Waals surface area (Å²) in [6.07, 6.45) is 1.96. The van der Waals surface area contributed by atoms with Crippen molar-refractivity contribution in [1.29, 1.82) is 0 Å². The van der Waals surface area contributed by atoms with Crippen molar-refractivity contribution in [1.82, 2.24) is 9.21 Å². The second-order valence-corrected chi connectivity index (χ2v) is 13.3. The first-order valence-corrected chi connectivity index (χ1v) is 16.8. The van der Waals surface area contributed by atoms with Crippen LogP contribution < -0.4 is 9.47 Å². The second-order valence-electron chi connectivity index (χ2n) is 10.9. The first-order chi connectivity index (χ1) is 23.0. The van der Waals surface area contributed by atoms with Crippen molar-refractivity contribution in [2.75, 3.05) is 27.9 Å². The van der Waals surface area contributed by atoms with Gasteiger partial charge in [-0.25, -0.2) is 13.2 Å². The molecule has 3 aromatic carbocycles. The van der Waals surface area contributed by atoms with Gasteiger partial charge in [-0.1, -0.05) is 48.0 Å². The summed E-state index contributed by atoms with van der Waals surface area (Å²) >= 11 is 6.05. The quantitative estimate of drug-likeness (QED) is 0.119. The van der Waals surface area contributed by atoms with Gasteiger partial charge in [-0.05, 0) is 79.1 Å². The van der Waals surface area contributed by atoms with Crippen LogP contribution in [-0.2, 0) is 43.9 Å². The summed E-state index contributed by atoms with van der Waals surface area (Å²) in [6.45, 7) is 1.95. The van der Waals surface area contributed by atoms with E-state index in [1.54, 1.807) is 81.8 Å². The van der Waals surface area contributed by atoms with Gasteiger partial charge in [-0.2, -0.15) is 4.31 Å². The van der Waals surface area contributed by atoms with Gasteiger partial charge < -0.3 is 23.5 Å². The molecular weight excluding hydrogens is 656 g/mol. The third kappa shape index (κ3) is 7.49. The van der Waals surface area contributed by atoms with Crippen LogP contribution in [0.3, 0.4) is 0 Å². The van der Waals surface area contributed by atoms with Crippen LogP contribution in [0.4, 0.5) is 0 Å². The van der Waals surface area contributed by atoms with E-state index in [0.29, 0.717) is 40.9 Å². The van der Waals surface area contributed by atoms with Crippen LogP contribution in [0.2, 0.25) is 5.02 Å². The molecular formula is C36H35ClN2O8S. The Morgan fingerprint density at radius 1 is 0.896 bits per heavy atom. The van der Waals surface area contributed by atoms with Gasteiger partial charge in [0.1, 0.15) is 11.5 Å². The fraction of sp³-hybridized carbons (Fsp3) is 0.222. The molecule has 0 saturated heterocycles. The van der Waals surface area contributed by atoms with Crippen LogP contribution in [0.25, 0.3) is 6.08 Å². The Morgan fingerprint density at radius 3 is 2.25 bits per heavy atom. The lowest BCUT2D eigenvalue weighted by molar-refractivity contribution is -0.136. The normalized spacial score (nSPS) is 14.2. The zero-order valence-electron chi connectivity index (χ0n) is 26.9. The molecule has 0 radical (unpaired) electrons. The predicted octanol–water partition coefficient (Wildman–Crippen LogP) is 6.26. The van der Waals surface area contributed by atoms with Gasteiger partial charge >= 0.3 is 5.97 Å². The van der Waals surface area contributed by atoms with Crippen molar-refractivity contribution in [3.05, 3.63) is 129 Å². The molecule has 1 aliphatic rings. The smallest absolute Gasteiger partial charge is 0.340 e. The van der Waals surface area contributed by atoms with Crippen LogP contribution in [0.15, 0.2) is 111 Å². The minimum Gasteiger partial charge on any atom is -0.493 e. The van der Waals surface area contributed by atoms with Gasteiger partial charge in [0.25, 0.3) is 5.91 Å². The largest absolute Gasteiger partial charge is 0.493 e. The Bertz CT molecular complexity index is 1970. The Kier molecular flexibility index (Phi) is 10.7. The van der Waals surface area contributed by atoms with Crippen LogP contribution in [0.5, 0.6) is 11.5 Å². The number of nitrogens with zero attached hydrogens (tertiary/aromatic N) is 2. The average Bonchev–Trinajstić information content (AvgIpc) is 3.64. The van der Waals surface area contributed by atoms with E-state index in [1.165, 1.54) is 34.5 Å². The summed E-state index contributed by atoms with van der Waals surface area (Å²) in [5.41, 5.74) is 2.34. The zero-order chi connectivity index (χ0) is 34.4. The summed E-state index contributed by atoms with van der Waals surface area (Å²) in [5, 5.41) is 0.538. The van der Waals surface area contributed by atoms with Gasteiger partial charge in [-0.3, -0.25) is 4.79 Å². The fourth-order valence-corrected chi connectivity index (χ4v) is 6.95. The van der Waals surface area contributed by atoms with Crippen molar-refractivity contribution in [2.45, 2.75) is 31.3 Å². The van der Waals surface area contributed by atoms with E-state index < -0.39 is 16.0 Å². The lowest BCUT2D eigenvalue weighted by Crippen LogP contribution is -2.30. The molecule has 0 fully saturated rings. The highest BCUT2D eigenvalue weighted by Gasteiger charge is 2.37. The fourth-order valence-electron chi connectivity index (χ4n) is 5.41. The van der Waals surface area contributed by atoms with Gasteiger partial charge in [-0.15, -0.1) is 0 Å². The Hall–Kier alpha value is -4.84. The first-order valence-electron chi connectivity index (χ1n) is 15.0. The van der Waals surface area contributed by atoms with Gasteiger partial charge in [0.2, 0.25) is 10.0 Å². The SMILES string of the molecule is COC(=O)C1=C(C)N(CCc2ccc(OC)c(OC)c2)C(=O)/C1=C/c1ccc(CN(Cc2ccc(Cl)cc2)S(=O)(=O)c2ccccc2)o1. The van der Waals surface area contributed by atoms with E-state index in [9.17, 15) is 18.0 Å². The summed E-state index contributed by atoms with van der Waals surface area (Å²) in [5.74, 6) is 0.733. The summed E-state index contributed by atoms with van der Waals surface area (Å²) in [6, 6.07) is 23.9. The van der Waals surface area contributed by atoms with Crippen molar-refractivity contribution in [3.63, 3.8) is 0 Å². The van der Waals surface area contributed by atoms with E-state index in [-0.39, 0.29) is 40.8 Å². The summed E-state index contributed by atoms with van der Waals surface area (Å²) in [7, 11) is 0.441. The molecule has 1 aliphatic heterocycles. The molecule has 0 unspecified atom stereocenters. The number of halogens is 1. The highest BCUT2D eigenvalue weighted by atomic mass is 35.5. The monoisotopic (exact) mass is 690 g/mol. The molecule has 10 nitrogen and oxygen atoms in total. The number of methoxy groups -OCH3 is 3.